The Kier molecular flexibility index (Phi) is 6.86. The third-order valence-electron chi connectivity index (χ3n) is 6.79. The van der Waals surface area contributed by atoms with E-state index in [2.05, 4.69) is 35.4 Å². The van der Waals surface area contributed by atoms with Gasteiger partial charge < -0.3 is 4.90 Å². The maximum absolute atomic E-state index is 13.6. The Morgan fingerprint density at radius 3 is 2.39 bits per heavy atom. The van der Waals surface area contributed by atoms with E-state index in [1.165, 1.54) is 16.4 Å². The van der Waals surface area contributed by atoms with E-state index in [1.54, 1.807) is 6.07 Å². The highest BCUT2D eigenvalue weighted by Crippen LogP contribution is 2.30. The van der Waals surface area contributed by atoms with E-state index < -0.39 is 14.9 Å². The van der Waals surface area contributed by atoms with Crippen molar-refractivity contribution in [3.8, 4) is 0 Å². The van der Waals surface area contributed by atoms with Gasteiger partial charge in [-0.3, -0.25) is 10.1 Å². The van der Waals surface area contributed by atoms with E-state index in [1.807, 2.05) is 13.8 Å². The van der Waals surface area contributed by atoms with E-state index in [4.69, 9.17) is 0 Å². The van der Waals surface area contributed by atoms with Gasteiger partial charge in [0, 0.05) is 37.8 Å². The van der Waals surface area contributed by atoms with E-state index >= 15 is 0 Å². The van der Waals surface area contributed by atoms with Crippen LogP contribution in [0, 0.1) is 24.0 Å². The summed E-state index contributed by atoms with van der Waals surface area (Å²) < 4.78 is 28.7. The molecule has 2 heterocycles. The maximum atomic E-state index is 13.6. The normalized spacial score (nSPS) is 17.6. The quantitative estimate of drug-likeness (QED) is 0.444. The predicted molar refractivity (Wildman–Crippen MR) is 129 cm³/mol. The molecule has 0 N–H and O–H groups in total. The van der Waals surface area contributed by atoms with Gasteiger partial charge in [0.05, 0.1) is 9.82 Å². The van der Waals surface area contributed by atoms with Crippen molar-refractivity contribution in [2.24, 2.45) is 0 Å². The minimum Gasteiger partial charge on any atom is -0.374 e. The van der Waals surface area contributed by atoms with Crippen molar-refractivity contribution < 1.29 is 13.3 Å². The maximum Gasteiger partial charge on any atom is 0.270 e. The summed E-state index contributed by atoms with van der Waals surface area (Å²) in [7, 11) is -3.83. The predicted octanol–water partition coefficient (Wildman–Crippen LogP) is 4.37. The van der Waals surface area contributed by atoms with Gasteiger partial charge in [0.25, 0.3) is 5.69 Å². The monoisotopic (exact) mass is 469 g/mol. The van der Waals surface area contributed by atoms with Crippen LogP contribution in [-0.4, -0.2) is 48.2 Å². The zero-order valence-corrected chi connectivity index (χ0v) is 20.1. The highest BCUT2D eigenvalue weighted by atomic mass is 32.2. The Morgan fingerprint density at radius 1 is 1.00 bits per heavy atom. The van der Waals surface area contributed by atoms with Gasteiger partial charge in [-0.05, 0) is 68.8 Å². The Morgan fingerprint density at radius 2 is 1.73 bits per heavy atom. The average molecular weight is 470 g/mol. The Labute approximate surface area is 195 Å². The summed E-state index contributed by atoms with van der Waals surface area (Å²) in [5.41, 5.74) is 3.91. The molecule has 0 spiro atoms. The number of non-ortho nitro benzene ring substituents is 1. The number of hydrogen-bond donors (Lipinski definition) is 0. The molecule has 0 aliphatic carbocycles. The number of rotatable bonds is 7. The fraction of sp³-hybridized carbons (Fsp3) is 0.440. The molecular weight excluding hydrogens is 438 g/mol. The first-order valence-electron chi connectivity index (χ1n) is 11.5. The lowest BCUT2D eigenvalue weighted by atomic mass is 9.98. The largest absolute Gasteiger partial charge is 0.374 e. The van der Waals surface area contributed by atoms with Gasteiger partial charge in [0.2, 0.25) is 10.0 Å². The van der Waals surface area contributed by atoms with Crippen LogP contribution < -0.4 is 0 Å². The number of aryl methyl sites for hydroxylation is 4. The second-order valence-electron chi connectivity index (χ2n) is 9.03. The van der Waals surface area contributed by atoms with Gasteiger partial charge in [0.1, 0.15) is 0 Å². The minimum atomic E-state index is -3.83. The first kappa shape index (κ1) is 23.4. The summed E-state index contributed by atoms with van der Waals surface area (Å²) in [6, 6.07) is 10.8. The molecule has 2 aromatic rings. The fourth-order valence-corrected chi connectivity index (χ4v) is 6.55. The average Bonchev–Trinajstić information content (AvgIpc) is 3.34. The van der Waals surface area contributed by atoms with Crippen LogP contribution in [0.3, 0.4) is 0 Å². The Balaban J connectivity index is 1.57. The van der Waals surface area contributed by atoms with Crippen LogP contribution in [0.25, 0.3) is 0 Å². The fourth-order valence-electron chi connectivity index (χ4n) is 4.81. The van der Waals surface area contributed by atoms with Crippen molar-refractivity contribution in [3.63, 3.8) is 0 Å². The third-order valence-corrected chi connectivity index (χ3v) is 8.77. The number of piperidine rings is 1. The number of nitrogens with zero attached hydrogens (tertiary/aromatic N) is 3. The molecule has 1 saturated heterocycles. The van der Waals surface area contributed by atoms with Crippen LogP contribution in [0.1, 0.15) is 41.5 Å². The molecular formula is C25H31N3O4S. The van der Waals surface area contributed by atoms with Gasteiger partial charge in [-0.15, -0.1) is 0 Å². The van der Waals surface area contributed by atoms with Crippen LogP contribution in [-0.2, 0) is 22.9 Å². The number of hydrogen-bond acceptors (Lipinski definition) is 5. The summed E-state index contributed by atoms with van der Waals surface area (Å²) in [6.45, 7) is 5.92. The van der Waals surface area contributed by atoms with Crippen LogP contribution >= 0.6 is 0 Å². The number of nitro groups is 1. The molecule has 176 valence electrons. The lowest BCUT2D eigenvalue weighted by Gasteiger charge is -2.36. The molecule has 2 aliphatic rings. The van der Waals surface area contributed by atoms with Crippen molar-refractivity contribution in [1.82, 2.24) is 9.21 Å². The Hall–Kier alpha value is -2.71. The smallest absolute Gasteiger partial charge is 0.270 e. The van der Waals surface area contributed by atoms with Crippen LogP contribution in [0.15, 0.2) is 53.6 Å². The summed E-state index contributed by atoms with van der Waals surface area (Å²) >= 11 is 0. The molecule has 2 aromatic carbocycles. The molecule has 0 amide bonds. The number of nitro benzene ring substituents is 1. The summed E-state index contributed by atoms with van der Waals surface area (Å²) in [6.07, 6.45) is 8.00. The van der Waals surface area contributed by atoms with Crippen molar-refractivity contribution in [2.75, 3.05) is 19.6 Å². The molecule has 0 bridgehead atoms. The van der Waals surface area contributed by atoms with Gasteiger partial charge in [-0.1, -0.05) is 35.9 Å². The van der Waals surface area contributed by atoms with Crippen molar-refractivity contribution in [3.05, 3.63) is 81.0 Å². The Bertz CT molecular complexity index is 1170. The molecule has 1 fully saturated rings. The van der Waals surface area contributed by atoms with Crippen molar-refractivity contribution in [2.45, 2.75) is 56.9 Å². The molecule has 0 atom stereocenters. The van der Waals surface area contributed by atoms with E-state index in [0.717, 1.165) is 42.5 Å². The van der Waals surface area contributed by atoms with Gasteiger partial charge in [-0.25, -0.2) is 8.42 Å². The summed E-state index contributed by atoms with van der Waals surface area (Å²) in [4.78, 5) is 13.2. The molecule has 8 heteroatoms. The van der Waals surface area contributed by atoms with Gasteiger partial charge in [-0.2, -0.15) is 4.31 Å². The molecule has 0 aromatic heterocycles. The second-order valence-corrected chi connectivity index (χ2v) is 10.9. The van der Waals surface area contributed by atoms with Crippen LogP contribution in [0.4, 0.5) is 5.69 Å². The lowest BCUT2D eigenvalue weighted by molar-refractivity contribution is -0.385. The van der Waals surface area contributed by atoms with Gasteiger partial charge in [0.15, 0.2) is 0 Å². The van der Waals surface area contributed by atoms with Crippen molar-refractivity contribution >= 4 is 15.7 Å². The summed E-state index contributed by atoms with van der Waals surface area (Å²) in [5.74, 6) is 0. The molecule has 0 unspecified atom stereocenters. The number of benzene rings is 2. The molecule has 0 saturated carbocycles. The standard InChI is InChI=1S/C25H31N3O4S/c1-19-5-6-20(2)22(17-19)8-7-21-9-10-24(28(29)30)18-25(21)33(31,32)27-15-11-23(12-16-27)26-13-3-4-14-26/h3,5-6,9-10,13,17-18,23H,4,7-8,11-12,14-16H2,1-2H3. The van der Waals surface area contributed by atoms with E-state index in [0.29, 0.717) is 37.5 Å². The van der Waals surface area contributed by atoms with E-state index in [9.17, 15) is 18.5 Å². The first-order valence-corrected chi connectivity index (χ1v) is 13.0. The van der Waals surface area contributed by atoms with Crippen molar-refractivity contribution in [1.29, 1.82) is 0 Å². The highest BCUT2D eigenvalue weighted by Gasteiger charge is 2.33. The van der Waals surface area contributed by atoms with Crippen LogP contribution in [0.2, 0.25) is 0 Å². The molecule has 0 radical (unpaired) electrons. The van der Waals surface area contributed by atoms with Gasteiger partial charge >= 0.3 is 0 Å². The topological polar surface area (TPSA) is 83.8 Å². The molecule has 33 heavy (non-hydrogen) atoms. The van der Waals surface area contributed by atoms with Crippen LogP contribution in [0.5, 0.6) is 0 Å². The number of sulfonamides is 1. The lowest BCUT2D eigenvalue weighted by Crippen LogP contribution is -2.44. The van der Waals surface area contributed by atoms with E-state index in [-0.39, 0.29) is 10.6 Å². The SMILES string of the molecule is Cc1ccc(C)c(CCc2ccc([N+](=O)[O-])cc2S(=O)(=O)N2CCC(N3C=CCC3)CC2)c1. The molecule has 4 rings (SSSR count). The zero-order valence-electron chi connectivity index (χ0n) is 19.2. The molecule has 7 nitrogen and oxygen atoms in total. The first-order chi connectivity index (χ1) is 15.8. The minimum absolute atomic E-state index is 0.0709. The zero-order chi connectivity index (χ0) is 23.6. The molecule has 2 aliphatic heterocycles. The highest BCUT2D eigenvalue weighted by molar-refractivity contribution is 7.89. The summed E-state index contributed by atoms with van der Waals surface area (Å²) in [5, 5.41) is 11.4. The second kappa shape index (κ2) is 9.65. The third kappa shape index (κ3) is 5.12.